The van der Waals surface area contributed by atoms with E-state index in [1.54, 1.807) is 36.0 Å². The molecule has 0 radical (unpaired) electrons. The Balaban J connectivity index is 1.77. The molecule has 33 heavy (non-hydrogen) atoms. The third-order valence-corrected chi connectivity index (χ3v) is 8.67. The van der Waals surface area contributed by atoms with Gasteiger partial charge in [-0.2, -0.15) is 4.31 Å². The van der Waals surface area contributed by atoms with E-state index in [4.69, 9.17) is 4.74 Å². The minimum absolute atomic E-state index is 0.169. The maximum atomic E-state index is 13.6. The largest absolute Gasteiger partial charge is 0.494 e. The van der Waals surface area contributed by atoms with E-state index >= 15 is 0 Å². The van der Waals surface area contributed by atoms with Gasteiger partial charge >= 0.3 is 0 Å². The number of hydrogen-bond acceptors (Lipinski definition) is 5. The highest BCUT2D eigenvalue weighted by Gasteiger charge is 2.34. The van der Waals surface area contributed by atoms with Gasteiger partial charge in [-0.1, -0.05) is 31.4 Å². The van der Waals surface area contributed by atoms with E-state index in [1.807, 2.05) is 44.4 Å². The van der Waals surface area contributed by atoms with Crippen molar-refractivity contribution in [2.75, 3.05) is 19.4 Å². The molecule has 2 aromatic carbocycles. The van der Waals surface area contributed by atoms with E-state index in [9.17, 15) is 13.2 Å². The predicted octanol–water partition coefficient (Wildman–Crippen LogP) is 5.01. The number of amides is 1. The average Bonchev–Trinajstić information content (AvgIpc) is 2.83. The first-order valence-electron chi connectivity index (χ1n) is 11.5. The Morgan fingerprint density at radius 2 is 1.73 bits per heavy atom. The number of rotatable bonds is 10. The molecule has 0 unspecified atom stereocenters. The van der Waals surface area contributed by atoms with Gasteiger partial charge in [-0.25, -0.2) is 8.42 Å². The van der Waals surface area contributed by atoms with E-state index < -0.39 is 10.0 Å². The van der Waals surface area contributed by atoms with Crippen LogP contribution in [0.2, 0.25) is 0 Å². The van der Waals surface area contributed by atoms with Crippen molar-refractivity contribution in [1.82, 2.24) is 9.62 Å². The fourth-order valence-corrected chi connectivity index (χ4v) is 6.24. The van der Waals surface area contributed by atoms with Crippen molar-refractivity contribution in [3.63, 3.8) is 0 Å². The van der Waals surface area contributed by atoms with Gasteiger partial charge in [0.05, 0.1) is 24.1 Å². The first-order chi connectivity index (χ1) is 15.8. The summed E-state index contributed by atoms with van der Waals surface area (Å²) in [5, 5.41) is 2.98. The molecule has 3 rings (SSSR count). The number of thioether (sulfide) groups is 1. The molecule has 0 aromatic heterocycles. The lowest BCUT2D eigenvalue weighted by atomic mass is 9.95. The molecule has 8 heteroatoms. The summed E-state index contributed by atoms with van der Waals surface area (Å²) in [6.07, 6.45) is 6.61. The molecule has 0 aliphatic heterocycles. The van der Waals surface area contributed by atoms with Crippen LogP contribution in [0.15, 0.2) is 58.3 Å². The molecule has 0 spiro atoms. The van der Waals surface area contributed by atoms with E-state index in [0.29, 0.717) is 12.4 Å². The zero-order chi connectivity index (χ0) is 23.8. The Morgan fingerprint density at radius 1 is 1.09 bits per heavy atom. The summed E-state index contributed by atoms with van der Waals surface area (Å²) in [6, 6.07) is 14.1. The van der Waals surface area contributed by atoms with Crippen LogP contribution in [-0.4, -0.2) is 44.1 Å². The molecule has 0 heterocycles. The topological polar surface area (TPSA) is 75.7 Å². The normalized spacial score (nSPS) is 15.9. The molecular weight excluding hydrogens is 456 g/mol. The SMILES string of the molecule is CCOc1ccc(S(=O)(=O)N(CC(=O)N[C@@H](C)c2ccc(SC)cc2)C2CCCCC2)cc1. The fourth-order valence-electron chi connectivity index (χ4n) is 4.19. The van der Waals surface area contributed by atoms with E-state index in [1.165, 1.54) is 4.31 Å². The quantitative estimate of drug-likeness (QED) is 0.474. The Morgan fingerprint density at radius 3 is 2.30 bits per heavy atom. The van der Waals surface area contributed by atoms with E-state index in [-0.39, 0.29) is 29.4 Å². The zero-order valence-electron chi connectivity index (χ0n) is 19.6. The van der Waals surface area contributed by atoms with E-state index in [2.05, 4.69) is 5.32 Å². The molecule has 1 saturated carbocycles. The lowest BCUT2D eigenvalue weighted by Gasteiger charge is -2.33. The minimum Gasteiger partial charge on any atom is -0.494 e. The van der Waals surface area contributed by atoms with Gasteiger partial charge in [0, 0.05) is 10.9 Å². The summed E-state index contributed by atoms with van der Waals surface area (Å²) < 4.78 is 34.0. The molecule has 1 amide bonds. The number of ether oxygens (including phenoxy) is 1. The molecule has 6 nitrogen and oxygen atoms in total. The van der Waals surface area contributed by atoms with Crippen LogP contribution in [0.25, 0.3) is 0 Å². The number of hydrogen-bond donors (Lipinski definition) is 1. The van der Waals surface area contributed by atoms with Gasteiger partial charge in [0.1, 0.15) is 5.75 Å². The molecule has 1 fully saturated rings. The van der Waals surface area contributed by atoms with Gasteiger partial charge in [-0.15, -0.1) is 11.8 Å². The van der Waals surface area contributed by atoms with Crippen LogP contribution >= 0.6 is 11.8 Å². The summed E-state index contributed by atoms with van der Waals surface area (Å²) in [6.45, 7) is 4.12. The Kier molecular flexibility index (Phi) is 9.23. The van der Waals surface area contributed by atoms with Gasteiger partial charge in [0.25, 0.3) is 0 Å². The van der Waals surface area contributed by atoms with Crippen molar-refractivity contribution < 1.29 is 17.9 Å². The average molecular weight is 491 g/mol. The summed E-state index contributed by atoms with van der Waals surface area (Å²) >= 11 is 1.66. The number of carbonyl (C=O) groups excluding carboxylic acids is 1. The number of carbonyl (C=O) groups is 1. The highest BCUT2D eigenvalue weighted by molar-refractivity contribution is 7.98. The maximum Gasteiger partial charge on any atom is 0.243 e. The monoisotopic (exact) mass is 490 g/mol. The van der Waals surface area contributed by atoms with Crippen LogP contribution in [-0.2, 0) is 14.8 Å². The van der Waals surface area contributed by atoms with Crippen molar-refractivity contribution in [3.05, 3.63) is 54.1 Å². The van der Waals surface area contributed by atoms with Gasteiger partial charge < -0.3 is 10.1 Å². The molecule has 1 aliphatic carbocycles. The van der Waals surface area contributed by atoms with Crippen LogP contribution < -0.4 is 10.1 Å². The number of nitrogens with one attached hydrogen (secondary N) is 1. The van der Waals surface area contributed by atoms with Crippen molar-refractivity contribution in [2.45, 2.75) is 67.8 Å². The Labute approximate surface area is 202 Å². The first-order valence-corrected chi connectivity index (χ1v) is 14.2. The third kappa shape index (κ3) is 6.74. The first kappa shape index (κ1) is 25.6. The molecule has 1 aliphatic rings. The maximum absolute atomic E-state index is 13.6. The summed E-state index contributed by atoms with van der Waals surface area (Å²) in [5.41, 5.74) is 0.986. The standard InChI is InChI=1S/C25H34N2O4S2/c1-4-31-22-12-16-24(17-13-22)33(29,30)27(21-8-6-5-7-9-21)18-25(28)26-19(2)20-10-14-23(32-3)15-11-20/h10-17,19,21H,4-9,18H2,1-3H3,(H,26,28)/t19-/m0/s1. The Hall–Kier alpha value is -2.03. The molecular formula is C25H34N2O4S2. The van der Waals surface area contributed by atoms with Crippen molar-refractivity contribution in [1.29, 1.82) is 0 Å². The van der Waals surface area contributed by atoms with Gasteiger partial charge in [0.2, 0.25) is 15.9 Å². The van der Waals surface area contributed by atoms with Gasteiger partial charge in [0.15, 0.2) is 0 Å². The second-order valence-electron chi connectivity index (χ2n) is 8.31. The van der Waals surface area contributed by atoms with Crippen LogP contribution in [0, 0.1) is 0 Å². The smallest absolute Gasteiger partial charge is 0.243 e. The zero-order valence-corrected chi connectivity index (χ0v) is 21.3. The van der Waals surface area contributed by atoms with Crippen molar-refractivity contribution in [2.24, 2.45) is 0 Å². The lowest BCUT2D eigenvalue weighted by Crippen LogP contribution is -2.47. The summed E-state index contributed by atoms with van der Waals surface area (Å²) in [7, 11) is -3.82. The number of nitrogens with zero attached hydrogens (tertiary/aromatic N) is 1. The highest BCUT2D eigenvalue weighted by atomic mass is 32.2. The van der Waals surface area contributed by atoms with Gasteiger partial charge in [-0.3, -0.25) is 4.79 Å². The third-order valence-electron chi connectivity index (χ3n) is 6.02. The number of sulfonamides is 1. The van der Waals surface area contributed by atoms with Crippen LogP contribution in [0.4, 0.5) is 0 Å². The molecule has 1 N–H and O–H groups in total. The highest BCUT2D eigenvalue weighted by Crippen LogP contribution is 2.29. The molecule has 2 aromatic rings. The lowest BCUT2D eigenvalue weighted by molar-refractivity contribution is -0.122. The van der Waals surface area contributed by atoms with Crippen LogP contribution in [0.3, 0.4) is 0 Å². The second-order valence-corrected chi connectivity index (χ2v) is 11.1. The molecule has 0 saturated heterocycles. The molecule has 0 bridgehead atoms. The summed E-state index contributed by atoms with van der Waals surface area (Å²) in [4.78, 5) is 14.3. The van der Waals surface area contributed by atoms with Crippen LogP contribution in [0.1, 0.15) is 57.6 Å². The van der Waals surface area contributed by atoms with Crippen molar-refractivity contribution >= 4 is 27.7 Å². The second kappa shape index (κ2) is 11.9. The number of benzene rings is 2. The minimum atomic E-state index is -3.82. The predicted molar refractivity (Wildman–Crippen MR) is 133 cm³/mol. The van der Waals surface area contributed by atoms with E-state index in [0.717, 1.165) is 42.6 Å². The molecule has 180 valence electrons. The van der Waals surface area contributed by atoms with Crippen LogP contribution in [0.5, 0.6) is 5.75 Å². The van der Waals surface area contributed by atoms with Crippen molar-refractivity contribution in [3.8, 4) is 5.75 Å². The molecule has 1 atom stereocenters. The summed E-state index contributed by atoms with van der Waals surface area (Å²) in [5.74, 6) is 0.330. The van der Waals surface area contributed by atoms with Gasteiger partial charge in [-0.05, 0) is 74.9 Å². The Bertz CT molecular complexity index is 1000. The fraction of sp³-hybridized carbons (Fsp3) is 0.480.